The molecule has 0 aromatic carbocycles. The maximum atomic E-state index is 13.2. The van der Waals surface area contributed by atoms with Crippen LogP contribution in [0.1, 0.15) is 239 Å². The molecule has 1 saturated heterocycles. The van der Waals surface area contributed by atoms with Gasteiger partial charge in [-0.3, -0.25) is 14.4 Å². The fraction of sp³-hybridized carbons (Fsp3) is 0.692. The third-order valence-corrected chi connectivity index (χ3v) is 13.2. The molecule has 12 nitrogen and oxygen atoms in total. The molecule has 0 saturated carbocycles. The Kier molecular flexibility index (Phi) is 48.0. The van der Waals surface area contributed by atoms with Crippen LogP contribution in [0.15, 0.2) is 97.2 Å². The van der Waals surface area contributed by atoms with Crippen LogP contribution in [-0.2, 0) is 42.9 Å². The zero-order chi connectivity index (χ0) is 56.1. The Bertz CT molecular complexity index is 1710. The fourth-order valence-corrected chi connectivity index (χ4v) is 8.58. The molecule has 0 radical (unpaired) electrons. The third-order valence-electron chi connectivity index (χ3n) is 13.2. The minimum absolute atomic E-state index is 0.0547. The number of carboxylic acid groups (broad SMARTS) is 1. The van der Waals surface area contributed by atoms with Crippen molar-refractivity contribution >= 4 is 23.9 Å². The summed E-state index contributed by atoms with van der Waals surface area (Å²) in [5.41, 5.74) is 0. The number of allylic oxidation sites excluding steroid dienone is 16. The van der Waals surface area contributed by atoms with Gasteiger partial charge in [0.15, 0.2) is 24.6 Å². The quantitative estimate of drug-likeness (QED) is 0.0228. The lowest BCUT2D eigenvalue weighted by Gasteiger charge is -2.40. The van der Waals surface area contributed by atoms with Crippen LogP contribution in [0.2, 0.25) is 0 Å². The predicted octanol–water partition coefficient (Wildman–Crippen LogP) is 15.7. The lowest BCUT2D eigenvalue weighted by atomic mass is 9.98. The van der Waals surface area contributed by atoms with Crippen molar-refractivity contribution in [2.75, 3.05) is 13.2 Å². The average Bonchev–Trinajstić information content (AvgIpc) is 3.42. The van der Waals surface area contributed by atoms with E-state index in [1.165, 1.54) is 25.7 Å². The number of hydrogen-bond acceptors (Lipinski definition) is 11. The number of ether oxygens (including phenoxy) is 5. The molecule has 1 rings (SSSR count). The highest BCUT2D eigenvalue weighted by molar-refractivity contribution is 5.74. The topological polar surface area (TPSA) is 175 Å². The van der Waals surface area contributed by atoms with Gasteiger partial charge in [0.25, 0.3) is 0 Å². The molecular formula is C65H106O12. The van der Waals surface area contributed by atoms with E-state index in [0.29, 0.717) is 19.3 Å². The lowest BCUT2D eigenvalue weighted by molar-refractivity contribution is -0.301. The Morgan fingerprint density at radius 3 is 1.25 bits per heavy atom. The maximum Gasteiger partial charge on any atom is 0.335 e. The molecule has 77 heavy (non-hydrogen) atoms. The molecular weight excluding hydrogens is 973 g/mol. The molecule has 0 aromatic rings. The first-order valence-electron chi connectivity index (χ1n) is 30.2. The lowest BCUT2D eigenvalue weighted by Crippen LogP contribution is -2.61. The number of aliphatic hydroxyl groups is 2. The van der Waals surface area contributed by atoms with Crippen LogP contribution in [0.3, 0.4) is 0 Å². The van der Waals surface area contributed by atoms with Crippen molar-refractivity contribution in [3.63, 3.8) is 0 Å². The van der Waals surface area contributed by atoms with Gasteiger partial charge in [0.05, 0.1) is 6.61 Å². The number of carboxylic acids is 1. The average molecular weight is 1080 g/mol. The summed E-state index contributed by atoms with van der Waals surface area (Å²) in [7, 11) is 0. The van der Waals surface area contributed by atoms with Gasteiger partial charge in [0.1, 0.15) is 18.8 Å². The Hall–Kier alpha value is -4.36. The summed E-state index contributed by atoms with van der Waals surface area (Å²) in [6.07, 6.45) is 56.7. The van der Waals surface area contributed by atoms with Crippen LogP contribution in [0.25, 0.3) is 0 Å². The molecule has 0 aliphatic carbocycles. The van der Waals surface area contributed by atoms with Gasteiger partial charge in [0, 0.05) is 19.3 Å². The van der Waals surface area contributed by atoms with Crippen molar-refractivity contribution in [1.29, 1.82) is 0 Å². The first-order valence-corrected chi connectivity index (χ1v) is 30.2. The monoisotopic (exact) mass is 1080 g/mol. The van der Waals surface area contributed by atoms with E-state index >= 15 is 0 Å². The van der Waals surface area contributed by atoms with Crippen molar-refractivity contribution in [2.45, 2.75) is 276 Å². The van der Waals surface area contributed by atoms with E-state index in [9.17, 15) is 34.5 Å². The van der Waals surface area contributed by atoms with Crippen molar-refractivity contribution in [3.8, 4) is 0 Å². The van der Waals surface area contributed by atoms with Crippen LogP contribution in [0, 0.1) is 0 Å². The molecule has 0 spiro atoms. The molecule has 1 fully saturated rings. The van der Waals surface area contributed by atoms with Gasteiger partial charge in [-0.2, -0.15) is 0 Å². The molecule has 6 unspecified atom stereocenters. The van der Waals surface area contributed by atoms with Gasteiger partial charge in [-0.05, 0) is 96.3 Å². The molecule has 1 aliphatic rings. The summed E-state index contributed by atoms with van der Waals surface area (Å²) in [6, 6.07) is 0. The van der Waals surface area contributed by atoms with Crippen molar-refractivity contribution in [2.24, 2.45) is 0 Å². The molecule has 6 atom stereocenters. The minimum atomic E-state index is -1.91. The van der Waals surface area contributed by atoms with E-state index < -0.39 is 67.3 Å². The van der Waals surface area contributed by atoms with Crippen molar-refractivity contribution < 1.29 is 58.2 Å². The minimum Gasteiger partial charge on any atom is -0.479 e. The number of carbonyl (C=O) groups is 4. The molecule has 1 aliphatic heterocycles. The van der Waals surface area contributed by atoms with Crippen molar-refractivity contribution in [1.82, 2.24) is 0 Å². The van der Waals surface area contributed by atoms with Gasteiger partial charge in [0.2, 0.25) is 0 Å². The SMILES string of the molecule is CC/C=C\C/C=C\C/C=C\C/C=C\CCCCCCCCC(=O)OCC(COC1OC(C(=O)O)C(O)C(O)C1OC(=O)CCCCCCCCCCC)OC(=O)CCCCCCCC/C=C\C/C=C\C/C=C\C/C=C\CC. The summed E-state index contributed by atoms with van der Waals surface area (Å²) in [6.45, 7) is 5.71. The Balaban J connectivity index is 2.67. The smallest absolute Gasteiger partial charge is 0.335 e. The number of aliphatic carboxylic acids is 1. The van der Waals surface area contributed by atoms with Crippen LogP contribution < -0.4 is 0 Å². The Morgan fingerprint density at radius 1 is 0.442 bits per heavy atom. The molecule has 0 aromatic heterocycles. The van der Waals surface area contributed by atoms with Gasteiger partial charge in [-0.1, -0.05) is 221 Å². The maximum absolute atomic E-state index is 13.2. The van der Waals surface area contributed by atoms with Gasteiger partial charge in [-0.15, -0.1) is 0 Å². The zero-order valence-electron chi connectivity index (χ0n) is 48.2. The third kappa shape index (κ3) is 42.3. The Labute approximate surface area is 466 Å². The summed E-state index contributed by atoms with van der Waals surface area (Å²) < 4.78 is 28.4. The van der Waals surface area contributed by atoms with Crippen LogP contribution >= 0.6 is 0 Å². The highest BCUT2D eigenvalue weighted by atomic mass is 16.7. The highest BCUT2D eigenvalue weighted by Crippen LogP contribution is 2.26. The molecule has 0 bridgehead atoms. The number of hydrogen-bond donors (Lipinski definition) is 3. The van der Waals surface area contributed by atoms with E-state index in [0.717, 1.165) is 154 Å². The summed E-state index contributed by atoms with van der Waals surface area (Å²) in [5, 5.41) is 31.4. The number of esters is 3. The highest BCUT2D eigenvalue weighted by Gasteiger charge is 2.50. The second-order valence-electron chi connectivity index (χ2n) is 20.2. The largest absolute Gasteiger partial charge is 0.479 e. The summed E-state index contributed by atoms with van der Waals surface area (Å²) >= 11 is 0. The van der Waals surface area contributed by atoms with E-state index in [2.05, 4.69) is 118 Å². The molecule has 3 N–H and O–H groups in total. The normalized spacial score (nSPS) is 18.7. The fourth-order valence-electron chi connectivity index (χ4n) is 8.58. The Morgan fingerprint density at radius 2 is 0.818 bits per heavy atom. The van der Waals surface area contributed by atoms with E-state index in [1.54, 1.807) is 0 Å². The van der Waals surface area contributed by atoms with Gasteiger partial charge in [-0.25, -0.2) is 4.79 Å². The van der Waals surface area contributed by atoms with Crippen LogP contribution in [0.5, 0.6) is 0 Å². The van der Waals surface area contributed by atoms with E-state index in [4.69, 9.17) is 23.7 Å². The van der Waals surface area contributed by atoms with Gasteiger partial charge >= 0.3 is 23.9 Å². The first kappa shape index (κ1) is 70.7. The summed E-state index contributed by atoms with van der Waals surface area (Å²) in [5.74, 6) is -3.16. The van der Waals surface area contributed by atoms with E-state index in [1.807, 2.05) is 0 Å². The standard InChI is InChI=1S/C65H106O12/c1-4-7-10-13-16-19-21-23-25-27-29-31-33-35-37-40-42-45-48-51-57(66)73-54-56(75-58(67)52-49-46-44-41-38-36-34-32-30-28-26-24-22-20-17-14-11-8-5-2)55-74-65-63(61(70)60(69)62(77-65)64(71)72)76-59(68)53-50-47-43-39-18-15-12-9-6-3/h7-8,10-11,16-17,19-20,23-26,29-32,56,60-63,65,69-70H,4-6,9,12-15,18,21-22,27-28,33-55H2,1-3H3,(H,71,72)/b10-7-,11-8-,19-16-,20-17-,25-23-,26-24-,31-29-,32-30-. The predicted molar refractivity (Wildman–Crippen MR) is 312 cm³/mol. The van der Waals surface area contributed by atoms with Gasteiger partial charge < -0.3 is 39.0 Å². The molecule has 1 heterocycles. The number of unbranched alkanes of at least 4 members (excludes halogenated alkanes) is 20. The molecule has 438 valence electrons. The summed E-state index contributed by atoms with van der Waals surface area (Å²) in [4.78, 5) is 51.1. The van der Waals surface area contributed by atoms with Crippen LogP contribution in [0.4, 0.5) is 0 Å². The molecule has 0 amide bonds. The number of rotatable bonds is 50. The second-order valence-corrected chi connectivity index (χ2v) is 20.2. The second kappa shape index (κ2) is 52.3. The van der Waals surface area contributed by atoms with E-state index in [-0.39, 0.29) is 25.9 Å². The zero-order valence-corrected chi connectivity index (χ0v) is 48.2. The van der Waals surface area contributed by atoms with Crippen molar-refractivity contribution in [3.05, 3.63) is 97.2 Å². The first-order chi connectivity index (χ1) is 37.6. The molecule has 12 heteroatoms. The number of carbonyl (C=O) groups excluding carboxylic acids is 3. The number of aliphatic hydroxyl groups excluding tert-OH is 2. The van der Waals surface area contributed by atoms with Crippen LogP contribution in [-0.4, -0.2) is 89.2 Å².